The number of alkyl halides is 6. The zero-order valence-electron chi connectivity index (χ0n) is 4.68. The SMILES string of the molecule is FC(F)(F)CCC(Cl)(Cl)Cl. The van der Waals surface area contributed by atoms with Crippen LogP contribution < -0.4 is 0 Å². The summed E-state index contributed by atoms with van der Waals surface area (Å²) in [5.41, 5.74) is 0. The lowest BCUT2D eigenvalue weighted by Crippen LogP contribution is -2.12. The molecule has 0 fully saturated rings. The molecular formula is C4H4Cl3F3. The Morgan fingerprint density at radius 3 is 1.40 bits per heavy atom. The molecule has 0 saturated carbocycles. The normalized spacial score (nSPS) is 13.8. The maximum Gasteiger partial charge on any atom is 0.389 e. The van der Waals surface area contributed by atoms with Gasteiger partial charge in [0.05, 0.1) is 0 Å². The molecule has 0 N–H and O–H groups in total. The van der Waals surface area contributed by atoms with Gasteiger partial charge in [-0.15, -0.1) is 0 Å². The van der Waals surface area contributed by atoms with E-state index in [1.165, 1.54) is 0 Å². The molecule has 6 heteroatoms. The lowest BCUT2D eigenvalue weighted by Gasteiger charge is -2.11. The van der Waals surface area contributed by atoms with Gasteiger partial charge in [-0.1, -0.05) is 34.8 Å². The fraction of sp³-hybridized carbons (Fsp3) is 1.00. The summed E-state index contributed by atoms with van der Waals surface area (Å²) in [6, 6.07) is 0. The monoisotopic (exact) mass is 214 g/mol. The van der Waals surface area contributed by atoms with E-state index in [9.17, 15) is 13.2 Å². The van der Waals surface area contributed by atoms with Crippen LogP contribution in [-0.4, -0.2) is 9.97 Å². The van der Waals surface area contributed by atoms with Crippen molar-refractivity contribution in [3.05, 3.63) is 0 Å². The van der Waals surface area contributed by atoms with E-state index in [2.05, 4.69) is 0 Å². The van der Waals surface area contributed by atoms with E-state index in [-0.39, 0.29) is 0 Å². The van der Waals surface area contributed by atoms with Crippen LogP contribution in [0.3, 0.4) is 0 Å². The fourth-order valence-electron chi connectivity index (χ4n) is 0.283. The summed E-state index contributed by atoms with van der Waals surface area (Å²) in [5, 5.41) is 0. The van der Waals surface area contributed by atoms with Crippen LogP contribution in [0.2, 0.25) is 0 Å². The molecule has 0 rings (SSSR count). The number of hydrogen-bond donors (Lipinski definition) is 0. The van der Waals surface area contributed by atoms with Crippen LogP contribution in [0.15, 0.2) is 0 Å². The van der Waals surface area contributed by atoms with Gasteiger partial charge in [-0.2, -0.15) is 13.2 Å². The number of hydrogen-bond acceptors (Lipinski definition) is 0. The predicted molar refractivity (Wildman–Crippen MR) is 35.6 cm³/mol. The van der Waals surface area contributed by atoms with Gasteiger partial charge in [0, 0.05) is 12.8 Å². The zero-order valence-corrected chi connectivity index (χ0v) is 6.95. The summed E-state index contributed by atoms with van der Waals surface area (Å²) in [6.45, 7) is 0. The topological polar surface area (TPSA) is 0 Å². The summed E-state index contributed by atoms with van der Waals surface area (Å²) in [7, 11) is 0. The summed E-state index contributed by atoms with van der Waals surface area (Å²) in [5.74, 6) is 0. The van der Waals surface area contributed by atoms with Crippen LogP contribution in [0, 0.1) is 0 Å². The first-order valence-electron chi connectivity index (χ1n) is 2.34. The number of halogens is 6. The van der Waals surface area contributed by atoms with Gasteiger partial charge >= 0.3 is 6.18 Å². The highest BCUT2D eigenvalue weighted by molar-refractivity contribution is 6.67. The minimum absolute atomic E-state index is 0.499. The average molecular weight is 215 g/mol. The van der Waals surface area contributed by atoms with Crippen LogP contribution in [0.1, 0.15) is 12.8 Å². The van der Waals surface area contributed by atoms with Crippen molar-refractivity contribution in [2.45, 2.75) is 22.8 Å². The molecule has 0 amide bonds. The van der Waals surface area contributed by atoms with E-state index < -0.39 is 22.8 Å². The Kier molecular flexibility index (Phi) is 3.59. The highest BCUT2D eigenvalue weighted by Gasteiger charge is 2.32. The van der Waals surface area contributed by atoms with E-state index in [4.69, 9.17) is 34.8 Å². The van der Waals surface area contributed by atoms with Crippen LogP contribution in [0.5, 0.6) is 0 Å². The summed E-state index contributed by atoms with van der Waals surface area (Å²) >= 11 is 15.2. The van der Waals surface area contributed by atoms with Crippen LogP contribution in [0.25, 0.3) is 0 Å². The van der Waals surface area contributed by atoms with Gasteiger partial charge in [0.1, 0.15) is 0 Å². The third-order valence-electron chi connectivity index (χ3n) is 0.692. The van der Waals surface area contributed by atoms with Crippen LogP contribution >= 0.6 is 34.8 Å². The maximum absolute atomic E-state index is 11.4. The molecular weight excluding hydrogens is 211 g/mol. The van der Waals surface area contributed by atoms with Gasteiger partial charge in [-0.05, 0) is 0 Å². The smallest absolute Gasteiger partial charge is 0.171 e. The molecule has 62 valence electrons. The van der Waals surface area contributed by atoms with Gasteiger partial charge in [0.25, 0.3) is 0 Å². The van der Waals surface area contributed by atoms with E-state index in [0.29, 0.717) is 0 Å². The Bertz CT molecular complexity index is 89.3. The predicted octanol–water partition coefficient (Wildman–Crippen LogP) is 3.70. The third-order valence-corrected chi connectivity index (χ3v) is 1.26. The van der Waals surface area contributed by atoms with Crippen molar-refractivity contribution in [1.82, 2.24) is 0 Å². The van der Waals surface area contributed by atoms with Crippen molar-refractivity contribution in [3.8, 4) is 0 Å². The molecule has 0 nitrogen and oxygen atoms in total. The molecule has 0 aliphatic rings. The van der Waals surface area contributed by atoms with E-state index in [1.54, 1.807) is 0 Å². The molecule has 0 aliphatic heterocycles. The molecule has 0 aromatic heterocycles. The largest absolute Gasteiger partial charge is 0.389 e. The van der Waals surface area contributed by atoms with Crippen molar-refractivity contribution in [1.29, 1.82) is 0 Å². The average Bonchev–Trinajstić information content (AvgIpc) is 1.57. The standard InChI is InChI=1S/C4H4Cl3F3/c5-3(6,7)1-2-4(8,9)10/h1-2H2. The quantitative estimate of drug-likeness (QED) is 0.585. The minimum atomic E-state index is -4.25. The Morgan fingerprint density at radius 1 is 0.900 bits per heavy atom. The van der Waals surface area contributed by atoms with Crippen LogP contribution in [0.4, 0.5) is 13.2 Å². The summed E-state index contributed by atoms with van der Waals surface area (Å²) < 4.78 is 32.4. The molecule has 10 heavy (non-hydrogen) atoms. The molecule has 0 atom stereocenters. The summed E-state index contributed by atoms with van der Waals surface area (Å²) in [6.07, 6.45) is -5.81. The molecule has 0 bridgehead atoms. The maximum atomic E-state index is 11.4. The van der Waals surface area contributed by atoms with Crippen molar-refractivity contribution in [3.63, 3.8) is 0 Å². The lowest BCUT2D eigenvalue weighted by molar-refractivity contribution is -0.135. The minimum Gasteiger partial charge on any atom is -0.171 e. The molecule has 0 aliphatic carbocycles. The first-order chi connectivity index (χ1) is 4.21. The second-order valence-electron chi connectivity index (χ2n) is 1.73. The second kappa shape index (κ2) is 3.37. The molecule has 0 aromatic rings. The molecule has 0 radical (unpaired) electrons. The first kappa shape index (κ1) is 10.7. The zero-order chi connectivity index (χ0) is 8.41. The second-order valence-corrected chi connectivity index (χ2v) is 4.25. The van der Waals surface area contributed by atoms with Crippen molar-refractivity contribution < 1.29 is 13.2 Å². The van der Waals surface area contributed by atoms with Gasteiger partial charge in [-0.3, -0.25) is 0 Å². The Balaban J connectivity index is 3.56. The van der Waals surface area contributed by atoms with Crippen molar-refractivity contribution >= 4 is 34.8 Å². The molecule has 0 unspecified atom stereocenters. The Hall–Kier alpha value is 0.660. The van der Waals surface area contributed by atoms with Gasteiger partial charge in [0.15, 0.2) is 3.79 Å². The highest BCUT2D eigenvalue weighted by atomic mass is 35.6. The fourth-order valence-corrected chi connectivity index (χ4v) is 0.567. The molecule has 0 spiro atoms. The van der Waals surface area contributed by atoms with Gasteiger partial charge in [0.2, 0.25) is 0 Å². The van der Waals surface area contributed by atoms with E-state index in [0.717, 1.165) is 0 Å². The first-order valence-corrected chi connectivity index (χ1v) is 3.47. The third kappa shape index (κ3) is 8.66. The van der Waals surface area contributed by atoms with E-state index >= 15 is 0 Å². The molecule has 0 aromatic carbocycles. The molecule has 0 saturated heterocycles. The number of rotatable bonds is 1. The Labute approximate surface area is 71.2 Å². The highest BCUT2D eigenvalue weighted by Crippen LogP contribution is 2.35. The van der Waals surface area contributed by atoms with Crippen LogP contribution in [-0.2, 0) is 0 Å². The lowest BCUT2D eigenvalue weighted by atomic mass is 10.3. The van der Waals surface area contributed by atoms with Crippen molar-refractivity contribution in [2.24, 2.45) is 0 Å². The van der Waals surface area contributed by atoms with Crippen molar-refractivity contribution in [2.75, 3.05) is 0 Å². The Morgan fingerprint density at radius 2 is 1.30 bits per heavy atom. The van der Waals surface area contributed by atoms with Gasteiger partial charge < -0.3 is 0 Å². The molecule has 0 heterocycles. The summed E-state index contributed by atoms with van der Waals surface area (Å²) in [4.78, 5) is 0. The van der Waals surface area contributed by atoms with E-state index in [1.807, 2.05) is 0 Å². The van der Waals surface area contributed by atoms with Gasteiger partial charge in [-0.25, -0.2) is 0 Å².